The molecule has 20 heavy (non-hydrogen) atoms. The molecule has 0 amide bonds. The summed E-state index contributed by atoms with van der Waals surface area (Å²) in [5.74, 6) is 1.52. The van der Waals surface area contributed by atoms with Crippen molar-refractivity contribution in [2.24, 2.45) is 11.8 Å². The zero-order valence-electron chi connectivity index (χ0n) is 13.7. The quantitative estimate of drug-likeness (QED) is 0.636. The molecule has 0 radical (unpaired) electrons. The van der Waals surface area contributed by atoms with Crippen molar-refractivity contribution in [1.82, 2.24) is 9.80 Å². The van der Waals surface area contributed by atoms with Crippen molar-refractivity contribution >= 4 is 0 Å². The maximum Gasteiger partial charge on any atom is 0.0593 e. The number of hydrogen-bond acceptors (Lipinski definition) is 3. The lowest BCUT2D eigenvalue weighted by Crippen LogP contribution is -2.39. The van der Waals surface area contributed by atoms with Crippen LogP contribution in [0.25, 0.3) is 0 Å². The molecule has 1 rings (SSSR count). The van der Waals surface area contributed by atoms with Gasteiger partial charge in [0, 0.05) is 25.7 Å². The lowest BCUT2D eigenvalue weighted by atomic mass is 9.97. The molecule has 0 aromatic carbocycles. The second kappa shape index (κ2) is 10.6. The Labute approximate surface area is 127 Å². The average molecular weight is 287 g/mol. The lowest BCUT2D eigenvalue weighted by molar-refractivity contribution is 0.0499. The Morgan fingerprint density at radius 3 is 2.25 bits per heavy atom. The molecule has 1 aliphatic heterocycles. The van der Waals surface area contributed by atoms with Gasteiger partial charge in [0.15, 0.2) is 0 Å². The molecule has 0 atom stereocenters. The van der Waals surface area contributed by atoms with Gasteiger partial charge in [-0.1, -0.05) is 21.3 Å². The molecular weight excluding hydrogens is 248 g/mol. The van der Waals surface area contributed by atoms with E-state index in [-0.39, 0.29) is 7.43 Å². The highest BCUT2D eigenvalue weighted by molar-refractivity contribution is 4.74. The van der Waals surface area contributed by atoms with Gasteiger partial charge in [-0.25, -0.2) is 0 Å². The van der Waals surface area contributed by atoms with Crippen molar-refractivity contribution in [3.63, 3.8) is 0 Å². The van der Waals surface area contributed by atoms with E-state index in [4.69, 9.17) is 4.74 Å². The predicted molar refractivity (Wildman–Crippen MR) is 89.3 cm³/mol. The van der Waals surface area contributed by atoms with Crippen molar-refractivity contribution in [2.75, 3.05) is 46.4 Å². The summed E-state index contributed by atoms with van der Waals surface area (Å²) >= 11 is 0. The minimum atomic E-state index is 0. The summed E-state index contributed by atoms with van der Waals surface area (Å²) in [5.41, 5.74) is 0. The van der Waals surface area contributed by atoms with Crippen molar-refractivity contribution in [3.8, 4) is 0 Å². The van der Waals surface area contributed by atoms with E-state index in [0.29, 0.717) is 6.04 Å². The highest BCUT2D eigenvalue weighted by Crippen LogP contribution is 2.18. The van der Waals surface area contributed by atoms with Gasteiger partial charge in [-0.15, -0.1) is 0 Å². The third-order valence-electron chi connectivity index (χ3n) is 4.03. The third-order valence-corrected chi connectivity index (χ3v) is 4.03. The third kappa shape index (κ3) is 8.23. The number of hydrogen-bond donors (Lipinski definition) is 0. The van der Waals surface area contributed by atoms with Crippen LogP contribution in [0.2, 0.25) is 0 Å². The topological polar surface area (TPSA) is 15.7 Å². The summed E-state index contributed by atoms with van der Waals surface area (Å²) < 4.78 is 5.86. The highest BCUT2D eigenvalue weighted by Gasteiger charge is 2.20. The largest absolute Gasteiger partial charge is 0.380 e. The molecule has 0 saturated carbocycles. The fraction of sp³-hybridized carbons (Fsp3) is 1.00. The van der Waals surface area contributed by atoms with Crippen LogP contribution in [0.15, 0.2) is 0 Å². The molecule has 1 saturated heterocycles. The average Bonchev–Trinajstić information content (AvgIpc) is 2.34. The van der Waals surface area contributed by atoms with E-state index in [1.165, 1.54) is 25.9 Å². The first kappa shape index (κ1) is 19.9. The van der Waals surface area contributed by atoms with Crippen LogP contribution < -0.4 is 0 Å². The second-order valence-corrected chi connectivity index (χ2v) is 6.80. The van der Waals surface area contributed by atoms with Gasteiger partial charge in [-0.2, -0.15) is 0 Å². The van der Waals surface area contributed by atoms with E-state index in [0.717, 1.165) is 38.1 Å². The molecule has 0 aromatic heterocycles. The summed E-state index contributed by atoms with van der Waals surface area (Å²) in [6.45, 7) is 15.7. The predicted octanol–water partition coefficient (Wildman–Crippen LogP) is 3.35. The van der Waals surface area contributed by atoms with Crippen LogP contribution in [0.4, 0.5) is 0 Å². The van der Waals surface area contributed by atoms with E-state index in [1.807, 2.05) is 0 Å². The van der Waals surface area contributed by atoms with Gasteiger partial charge in [0.25, 0.3) is 0 Å². The zero-order chi connectivity index (χ0) is 14.3. The van der Waals surface area contributed by atoms with Crippen LogP contribution in [0, 0.1) is 11.8 Å². The van der Waals surface area contributed by atoms with Gasteiger partial charge < -0.3 is 14.5 Å². The van der Waals surface area contributed by atoms with Gasteiger partial charge >= 0.3 is 0 Å². The molecule has 0 bridgehead atoms. The molecule has 3 nitrogen and oxygen atoms in total. The molecule has 3 heteroatoms. The molecule has 122 valence electrons. The van der Waals surface area contributed by atoms with E-state index in [2.05, 4.69) is 44.5 Å². The molecule has 0 spiro atoms. The monoisotopic (exact) mass is 286 g/mol. The van der Waals surface area contributed by atoms with Crippen molar-refractivity contribution in [1.29, 1.82) is 0 Å². The summed E-state index contributed by atoms with van der Waals surface area (Å²) in [5, 5.41) is 0. The molecule has 0 unspecified atom stereocenters. The van der Waals surface area contributed by atoms with E-state index < -0.39 is 0 Å². The minimum absolute atomic E-state index is 0. The number of likely N-dealkylation sites (tertiary alicyclic amines) is 1. The maximum absolute atomic E-state index is 5.86. The van der Waals surface area contributed by atoms with Crippen LogP contribution in [0.5, 0.6) is 0 Å². The van der Waals surface area contributed by atoms with E-state index in [9.17, 15) is 0 Å². The van der Waals surface area contributed by atoms with Crippen molar-refractivity contribution < 1.29 is 4.74 Å². The highest BCUT2D eigenvalue weighted by atomic mass is 16.5. The van der Waals surface area contributed by atoms with Crippen LogP contribution in [-0.4, -0.2) is 62.3 Å². The standard InChI is InChI=1S/C16H34N2O.CH4/c1-14(2)12-17(5)10-11-19-13-16-6-8-18(9-7-16)15(3)4;/h14-16H,6-13H2,1-5H3;1H4. The van der Waals surface area contributed by atoms with Crippen LogP contribution in [-0.2, 0) is 4.74 Å². The lowest BCUT2D eigenvalue weighted by Gasteiger charge is -2.34. The van der Waals surface area contributed by atoms with Crippen LogP contribution >= 0.6 is 0 Å². The Kier molecular flexibility index (Phi) is 10.5. The van der Waals surface area contributed by atoms with Gasteiger partial charge in [0.2, 0.25) is 0 Å². The smallest absolute Gasteiger partial charge is 0.0593 e. The van der Waals surface area contributed by atoms with E-state index in [1.54, 1.807) is 0 Å². The van der Waals surface area contributed by atoms with Crippen molar-refractivity contribution in [2.45, 2.75) is 54.0 Å². The Morgan fingerprint density at radius 2 is 1.75 bits per heavy atom. The normalized spacial score (nSPS) is 18.0. The van der Waals surface area contributed by atoms with Crippen molar-refractivity contribution in [3.05, 3.63) is 0 Å². The summed E-state index contributed by atoms with van der Waals surface area (Å²) in [6.07, 6.45) is 2.61. The van der Waals surface area contributed by atoms with Gasteiger partial charge in [0.1, 0.15) is 0 Å². The Morgan fingerprint density at radius 1 is 1.15 bits per heavy atom. The van der Waals surface area contributed by atoms with Crippen LogP contribution in [0.3, 0.4) is 0 Å². The first-order chi connectivity index (χ1) is 8.99. The maximum atomic E-state index is 5.86. The Balaban J connectivity index is 0.00000361. The fourth-order valence-corrected chi connectivity index (χ4v) is 2.82. The second-order valence-electron chi connectivity index (χ2n) is 6.80. The number of ether oxygens (including phenoxy) is 1. The first-order valence-electron chi connectivity index (χ1n) is 7.99. The first-order valence-corrected chi connectivity index (χ1v) is 7.99. The Hall–Kier alpha value is -0.120. The number of likely N-dealkylation sites (N-methyl/N-ethyl adjacent to an activating group) is 1. The molecule has 0 aliphatic carbocycles. The fourth-order valence-electron chi connectivity index (χ4n) is 2.82. The molecular formula is C17H38N2O. The molecule has 0 N–H and O–H groups in total. The number of piperidine rings is 1. The number of nitrogens with zero attached hydrogens (tertiary/aromatic N) is 2. The van der Waals surface area contributed by atoms with Gasteiger partial charge in [-0.05, 0) is 58.7 Å². The molecule has 1 heterocycles. The van der Waals surface area contributed by atoms with E-state index >= 15 is 0 Å². The van der Waals surface area contributed by atoms with Crippen LogP contribution in [0.1, 0.15) is 48.0 Å². The SMILES string of the molecule is C.CC(C)CN(C)CCOCC1CCN(C(C)C)CC1. The summed E-state index contributed by atoms with van der Waals surface area (Å²) in [4.78, 5) is 4.94. The zero-order valence-corrected chi connectivity index (χ0v) is 13.7. The van der Waals surface area contributed by atoms with Gasteiger partial charge in [0.05, 0.1) is 6.61 Å². The molecule has 1 fully saturated rings. The minimum Gasteiger partial charge on any atom is -0.380 e. The summed E-state index contributed by atoms with van der Waals surface area (Å²) in [7, 11) is 2.19. The summed E-state index contributed by atoms with van der Waals surface area (Å²) in [6, 6.07) is 0.701. The molecule has 0 aromatic rings. The Bertz CT molecular complexity index is 223. The molecule has 1 aliphatic rings. The number of rotatable bonds is 8. The van der Waals surface area contributed by atoms with Gasteiger partial charge in [-0.3, -0.25) is 0 Å².